The number of phenolic OH excluding ortho intramolecular Hbond substituents is 2. The predicted molar refractivity (Wildman–Crippen MR) is 126 cm³/mol. The van der Waals surface area contributed by atoms with E-state index < -0.39 is 0 Å². The van der Waals surface area contributed by atoms with E-state index in [1.807, 2.05) is 24.3 Å². The van der Waals surface area contributed by atoms with E-state index in [1.165, 1.54) is 35.7 Å². The zero-order chi connectivity index (χ0) is 22.5. The summed E-state index contributed by atoms with van der Waals surface area (Å²) in [7, 11) is 0. The van der Waals surface area contributed by atoms with E-state index in [1.54, 1.807) is 6.07 Å². The van der Waals surface area contributed by atoms with Gasteiger partial charge in [0, 0.05) is 0 Å². The van der Waals surface area contributed by atoms with E-state index in [4.69, 9.17) is 4.98 Å². The monoisotopic (exact) mass is 446 g/mol. The Morgan fingerprint density at radius 2 is 1.88 bits per heavy atom. The number of nitrogens with zero attached hydrogens (tertiary/aromatic N) is 3. The molecule has 3 aromatic carbocycles. The molecule has 0 saturated heterocycles. The number of carbonyl (C=O) groups is 1. The van der Waals surface area contributed by atoms with Crippen molar-refractivity contribution in [3.05, 3.63) is 83.4 Å². The first-order valence-corrected chi connectivity index (χ1v) is 11.0. The van der Waals surface area contributed by atoms with Crippen LogP contribution in [-0.2, 0) is 11.3 Å². The van der Waals surface area contributed by atoms with Gasteiger partial charge in [0.2, 0.25) is 0 Å². The van der Waals surface area contributed by atoms with Crippen LogP contribution < -0.4 is 5.43 Å². The molecule has 0 unspecified atom stereocenters. The van der Waals surface area contributed by atoms with Crippen molar-refractivity contribution >= 4 is 34.9 Å². The van der Waals surface area contributed by atoms with Gasteiger partial charge in [0.1, 0.15) is 0 Å². The van der Waals surface area contributed by atoms with Gasteiger partial charge in [-0.3, -0.25) is 4.79 Å². The minimum absolute atomic E-state index is 0.148. The standard InChI is InChI=1S/C24H22N4O3S/c1-16-6-8-17(9-7-16)14-28-20-5-3-2-4-19(20)26-24(28)32-15-23(31)27-25-13-18-10-11-21(29)22(30)12-18/h2-13,29-30H,14-15H2,1H3,(H,27,31)/b25-13-. The van der Waals surface area contributed by atoms with Gasteiger partial charge in [-0.15, -0.1) is 0 Å². The van der Waals surface area contributed by atoms with Crippen LogP contribution in [0.2, 0.25) is 0 Å². The summed E-state index contributed by atoms with van der Waals surface area (Å²) in [5.41, 5.74) is 7.29. The molecule has 1 amide bonds. The molecular weight excluding hydrogens is 424 g/mol. The Morgan fingerprint density at radius 3 is 2.66 bits per heavy atom. The molecule has 0 fully saturated rings. The Hall–Kier alpha value is -3.78. The van der Waals surface area contributed by atoms with Crippen molar-refractivity contribution in [2.75, 3.05) is 5.75 Å². The number of amides is 1. The summed E-state index contributed by atoms with van der Waals surface area (Å²) in [6.07, 6.45) is 1.40. The maximum atomic E-state index is 12.3. The third kappa shape index (κ3) is 5.09. The maximum absolute atomic E-state index is 12.3. The number of imidazole rings is 1. The summed E-state index contributed by atoms with van der Waals surface area (Å²) >= 11 is 1.35. The van der Waals surface area contributed by atoms with Crippen LogP contribution in [0.1, 0.15) is 16.7 Å². The number of para-hydroxylation sites is 2. The molecule has 0 aliphatic carbocycles. The lowest BCUT2D eigenvalue weighted by molar-refractivity contribution is -0.118. The first-order valence-electron chi connectivity index (χ1n) is 9.97. The number of hydrogen-bond acceptors (Lipinski definition) is 6. The Morgan fingerprint density at radius 1 is 1.09 bits per heavy atom. The molecule has 0 radical (unpaired) electrons. The molecule has 0 atom stereocenters. The first kappa shape index (κ1) is 21.5. The highest BCUT2D eigenvalue weighted by Gasteiger charge is 2.13. The summed E-state index contributed by atoms with van der Waals surface area (Å²) in [6.45, 7) is 2.72. The summed E-state index contributed by atoms with van der Waals surface area (Å²) in [5, 5.41) is 23.5. The number of hydrogen-bond donors (Lipinski definition) is 3. The average Bonchev–Trinajstić information content (AvgIpc) is 3.14. The molecule has 0 aliphatic rings. The number of aryl methyl sites for hydroxylation is 1. The van der Waals surface area contributed by atoms with Gasteiger partial charge in [-0.2, -0.15) is 5.10 Å². The minimum Gasteiger partial charge on any atom is -0.504 e. The lowest BCUT2D eigenvalue weighted by atomic mass is 10.1. The Labute approximate surface area is 189 Å². The van der Waals surface area contributed by atoms with Crippen LogP contribution in [-0.4, -0.2) is 37.6 Å². The van der Waals surface area contributed by atoms with E-state index >= 15 is 0 Å². The molecule has 0 aliphatic heterocycles. The van der Waals surface area contributed by atoms with Gasteiger partial charge in [-0.25, -0.2) is 10.4 Å². The number of aromatic hydroxyl groups is 2. The second kappa shape index (κ2) is 9.57. The van der Waals surface area contributed by atoms with Crippen LogP contribution in [0.4, 0.5) is 0 Å². The highest BCUT2D eigenvalue weighted by atomic mass is 32.2. The maximum Gasteiger partial charge on any atom is 0.250 e. The number of fused-ring (bicyclic) bond motifs is 1. The molecule has 162 valence electrons. The molecule has 7 nitrogen and oxygen atoms in total. The van der Waals surface area contributed by atoms with E-state index in [0.717, 1.165) is 21.8 Å². The fourth-order valence-electron chi connectivity index (χ4n) is 3.15. The summed E-state index contributed by atoms with van der Waals surface area (Å²) < 4.78 is 2.11. The topological polar surface area (TPSA) is 99.7 Å². The van der Waals surface area contributed by atoms with Gasteiger partial charge in [0.05, 0.1) is 29.5 Å². The fourth-order valence-corrected chi connectivity index (χ4v) is 3.96. The quantitative estimate of drug-likeness (QED) is 0.172. The smallest absolute Gasteiger partial charge is 0.250 e. The molecule has 4 rings (SSSR count). The molecule has 0 bridgehead atoms. The van der Waals surface area contributed by atoms with Crippen LogP contribution in [0, 0.1) is 6.92 Å². The van der Waals surface area contributed by atoms with Gasteiger partial charge < -0.3 is 14.8 Å². The lowest BCUT2D eigenvalue weighted by Gasteiger charge is -2.09. The molecule has 8 heteroatoms. The summed E-state index contributed by atoms with van der Waals surface area (Å²) in [6, 6.07) is 20.6. The van der Waals surface area contributed by atoms with Crippen LogP contribution in [0.25, 0.3) is 11.0 Å². The van der Waals surface area contributed by atoms with E-state index in [9.17, 15) is 15.0 Å². The molecular formula is C24H22N4O3S. The highest BCUT2D eigenvalue weighted by Crippen LogP contribution is 2.26. The van der Waals surface area contributed by atoms with Crippen molar-refractivity contribution in [3.8, 4) is 11.5 Å². The van der Waals surface area contributed by atoms with Crippen molar-refractivity contribution in [2.24, 2.45) is 5.10 Å². The van der Waals surface area contributed by atoms with Crippen molar-refractivity contribution in [1.29, 1.82) is 0 Å². The van der Waals surface area contributed by atoms with Crippen molar-refractivity contribution in [2.45, 2.75) is 18.6 Å². The second-order valence-electron chi connectivity index (χ2n) is 7.28. The van der Waals surface area contributed by atoms with E-state index in [0.29, 0.717) is 12.1 Å². The second-order valence-corrected chi connectivity index (χ2v) is 8.23. The summed E-state index contributed by atoms with van der Waals surface area (Å²) in [4.78, 5) is 17.0. The van der Waals surface area contributed by atoms with E-state index in [2.05, 4.69) is 46.3 Å². The fraction of sp³-hybridized carbons (Fsp3) is 0.125. The molecule has 0 saturated carbocycles. The number of hydrazone groups is 1. The third-order valence-electron chi connectivity index (χ3n) is 4.82. The Balaban J connectivity index is 1.44. The van der Waals surface area contributed by atoms with Gasteiger partial charge in [0.15, 0.2) is 16.7 Å². The van der Waals surface area contributed by atoms with Crippen LogP contribution in [0.5, 0.6) is 11.5 Å². The molecule has 3 N–H and O–H groups in total. The SMILES string of the molecule is Cc1ccc(Cn2c(SCC(=O)N/N=C\c3ccc(O)c(O)c3)nc3ccccc32)cc1. The number of aromatic nitrogens is 2. The number of benzene rings is 3. The number of phenols is 2. The van der Waals surface area contributed by atoms with Gasteiger partial charge in [0.25, 0.3) is 5.91 Å². The van der Waals surface area contributed by atoms with E-state index in [-0.39, 0.29) is 23.2 Å². The van der Waals surface area contributed by atoms with Crippen molar-refractivity contribution < 1.29 is 15.0 Å². The van der Waals surface area contributed by atoms with Crippen LogP contribution in [0.3, 0.4) is 0 Å². The number of carbonyl (C=O) groups excluding carboxylic acids is 1. The average molecular weight is 447 g/mol. The highest BCUT2D eigenvalue weighted by molar-refractivity contribution is 7.99. The van der Waals surface area contributed by atoms with Gasteiger partial charge in [-0.05, 0) is 48.4 Å². The zero-order valence-electron chi connectivity index (χ0n) is 17.4. The molecule has 1 aromatic heterocycles. The normalized spacial score (nSPS) is 11.3. The van der Waals surface area contributed by atoms with Gasteiger partial charge in [-0.1, -0.05) is 53.7 Å². The predicted octanol–water partition coefficient (Wildman–Crippen LogP) is 4.05. The van der Waals surface area contributed by atoms with Crippen molar-refractivity contribution in [3.63, 3.8) is 0 Å². The Kier molecular flexibility index (Phi) is 6.42. The number of thioether (sulfide) groups is 1. The molecule has 32 heavy (non-hydrogen) atoms. The number of rotatable bonds is 7. The first-order chi connectivity index (χ1) is 15.5. The summed E-state index contributed by atoms with van der Waals surface area (Å²) in [5.74, 6) is -0.585. The molecule has 1 heterocycles. The Bertz CT molecular complexity index is 1280. The lowest BCUT2D eigenvalue weighted by Crippen LogP contribution is -2.20. The number of nitrogens with one attached hydrogen (secondary N) is 1. The van der Waals surface area contributed by atoms with Crippen LogP contribution in [0.15, 0.2) is 77.0 Å². The van der Waals surface area contributed by atoms with Gasteiger partial charge >= 0.3 is 0 Å². The third-order valence-corrected chi connectivity index (χ3v) is 5.79. The van der Waals surface area contributed by atoms with Crippen molar-refractivity contribution in [1.82, 2.24) is 15.0 Å². The largest absolute Gasteiger partial charge is 0.504 e. The van der Waals surface area contributed by atoms with Crippen LogP contribution >= 0.6 is 11.8 Å². The molecule has 0 spiro atoms. The molecule has 4 aromatic rings. The minimum atomic E-state index is -0.275. The zero-order valence-corrected chi connectivity index (χ0v) is 18.2.